The van der Waals surface area contributed by atoms with Gasteiger partial charge in [-0.25, -0.2) is 0 Å². The Morgan fingerprint density at radius 2 is 2.06 bits per heavy atom. The molecule has 0 saturated carbocycles. The highest BCUT2D eigenvalue weighted by Gasteiger charge is 2.36. The number of fused-ring (bicyclic) bond motifs is 1. The van der Waals surface area contributed by atoms with Gasteiger partial charge >= 0.3 is 0 Å². The lowest BCUT2D eigenvalue weighted by atomic mass is 9.78. The zero-order valence-electron chi connectivity index (χ0n) is 9.88. The maximum absolute atomic E-state index is 3.50. The average molecular weight is 214 g/mol. The molecule has 1 atom stereocenters. The SMILES string of the molecule is CC1(C)CNC[C@@H]1c1c[nH]c2ccccc12. The number of H-pyrrole nitrogens is 1. The summed E-state index contributed by atoms with van der Waals surface area (Å²) in [5, 5.41) is 4.88. The molecule has 2 aromatic rings. The van der Waals surface area contributed by atoms with E-state index in [1.165, 1.54) is 16.5 Å². The minimum absolute atomic E-state index is 0.352. The standard InChI is InChI=1S/C14H18N2/c1-14(2)9-15-8-12(14)11-7-16-13-6-4-3-5-10(11)13/h3-7,12,15-16H,8-9H2,1-2H3/t12-/m1/s1. The molecule has 1 aromatic carbocycles. The highest BCUT2D eigenvalue weighted by atomic mass is 14.9. The van der Waals surface area contributed by atoms with Gasteiger partial charge in [0.2, 0.25) is 0 Å². The summed E-state index contributed by atoms with van der Waals surface area (Å²) in [5.74, 6) is 0.614. The average Bonchev–Trinajstić information content (AvgIpc) is 2.81. The van der Waals surface area contributed by atoms with E-state index in [4.69, 9.17) is 0 Å². The molecule has 1 saturated heterocycles. The molecule has 84 valence electrons. The van der Waals surface area contributed by atoms with E-state index in [-0.39, 0.29) is 0 Å². The summed E-state index contributed by atoms with van der Waals surface area (Å²) >= 11 is 0. The highest BCUT2D eigenvalue weighted by Crippen LogP contribution is 2.40. The van der Waals surface area contributed by atoms with Gasteiger partial charge in [-0.3, -0.25) is 0 Å². The molecule has 2 nitrogen and oxygen atoms in total. The molecule has 1 fully saturated rings. The Labute approximate surface area is 96.1 Å². The van der Waals surface area contributed by atoms with E-state index in [1.54, 1.807) is 0 Å². The number of nitrogens with one attached hydrogen (secondary N) is 2. The van der Waals surface area contributed by atoms with Crippen LogP contribution in [0.15, 0.2) is 30.5 Å². The molecule has 16 heavy (non-hydrogen) atoms. The van der Waals surface area contributed by atoms with E-state index in [9.17, 15) is 0 Å². The molecular formula is C14H18N2. The number of hydrogen-bond donors (Lipinski definition) is 2. The van der Waals surface area contributed by atoms with Crippen LogP contribution in [0.25, 0.3) is 10.9 Å². The molecule has 2 heterocycles. The highest BCUT2D eigenvalue weighted by molar-refractivity contribution is 5.83. The van der Waals surface area contributed by atoms with E-state index < -0.39 is 0 Å². The molecule has 0 unspecified atom stereocenters. The number of aromatic amines is 1. The van der Waals surface area contributed by atoms with Crippen LogP contribution < -0.4 is 5.32 Å². The Morgan fingerprint density at radius 1 is 1.25 bits per heavy atom. The summed E-state index contributed by atoms with van der Waals surface area (Å²) in [6.45, 7) is 6.89. The Balaban J connectivity index is 2.12. The Bertz CT molecular complexity index is 510. The fourth-order valence-electron chi connectivity index (χ4n) is 2.85. The van der Waals surface area contributed by atoms with E-state index >= 15 is 0 Å². The van der Waals surface area contributed by atoms with Crippen LogP contribution in [0, 0.1) is 5.41 Å². The second kappa shape index (κ2) is 3.36. The van der Waals surface area contributed by atoms with Gasteiger partial charge in [0.25, 0.3) is 0 Å². The van der Waals surface area contributed by atoms with Crippen LogP contribution in [-0.2, 0) is 0 Å². The Kier molecular flexibility index (Phi) is 2.08. The summed E-state index contributed by atoms with van der Waals surface area (Å²) in [6.07, 6.45) is 2.18. The van der Waals surface area contributed by atoms with Crippen LogP contribution in [0.3, 0.4) is 0 Å². The van der Waals surface area contributed by atoms with Crippen LogP contribution >= 0.6 is 0 Å². The van der Waals surface area contributed by atoms with E-state index in [0.29, 0.717) is 11.3 Å². The van der Waals surface area contributed by atoms with E-state index in [1.807, 2.05) is 0 Å². The second-order valence-electron chi connectivity index (χ2n) is 5.46. The zero-order chi connectivity index (χ0) is 11.2. The molecule has 0 spiro atoms. The third-order valence-corrected chi connectivity index (χ3v) is 3.87. The lowest BCUT2D eigenvalue weighted by molar-refractivity contribution is 0.364. The van der Waals surface area contributed by atoms with Crippen LogP contribution in [0.2, 0.25) is 0 Å². The summed E-state index contributed by atoms with van der Waals surface area (Å²) in [7, 11) is 0. The molecule has 1 aliphatic heterocycles. The van der Waals surface area contributed by atoms with E-state index in [2.05, 4.69) is 54.6 Å². The number of rotatable bonds is 1. The maximum atomic E-state index is 3.50. The van der Waals surface area contributed by atoms with Crippen molar-refractivity contribution in [3.05, 3.63) is 36.0 Å². The molecule has 0 amide bonds. The molecule has 0 bridgehead atoms. The number of benzene rings is 1. The summed E-state index contributed by atoms with van der Waals surface area (Å²) in [4.78, 5) is 3.38. The van der Waals surface area contributed by atoms with Crippen molar-refractivity contribution in [2.75, 3.05) is 13.1 Å². The first-order valence-electron chi connectivity index (χ1n) is 5.95. The topological polar surface area (TPSA) is 27.8 Å². The maximum Gasteiger partial charge on any atom is 0.0456 e. The van der Waals surface area contributed by atoms with Crippen LogP contribution in [0.5, 0.6) is 0 Å². The van der Waals surface area contributed by atoms with Crippen LogP contribution in [0.1, 0.15) is 25.3 Å². The van der Waals surface area contributed by atoms with Crippen molar-refractivity contribution in [2.45, 2.75) is 19.8 Å². The van der Waals surface area contributed by atoms with Gasteiger partial charge in [-0.1, -0.05) is 32.0 Å². The minimum atomic E-state index is 0.352. The van der Waals surface area contributed by atoms with Crippen molar-refractivity contribution in [1.82, 2.24) is 10.3 Å². The van der Waals surface area contributed by atoms with Crippen LogP contribution in [0.4, 0.5) is 0 Å². The first-order valence-corrected chi connectivity index (χ1v) is 5.95. The molecule has 1 aliphatic rings. The van der Waals surface area contributed by atoms with Crippen molar-refractivity contribution >= 4 is 10.9 Å². The van der Waals surface area contributed by atoms with Gasteiger partial charge in [0.15, 0.2) is 0 Å². The molecule has 3 rings (SSSR count). The Hall–Kier alpha value is -1.28. The minimum Gasteiger partial charge on any atom is -0.361 e. The first-order chi connectivity index (χ1) is 7.68. The van der Waals surface area contributed by atoms with Gasteiger partial charge in [-0.05, 0) is 17.0 Å². The number of hydrogen-bond acceptors (Lipinski definition) is 1. The lowest BCUT2D eigenvalue weighted by Crippen LogP contribution is -2.20. The van der Waals surface area contributed by atoms with Crippen molar-refractivity contribution in [1.29, 1.82) is 0 Å². The van der Waals surface area contributed by atoms with Crippen molar-refractivity contribution in [2.24, 2.45) is 5.41 Å². The summed E-state index contributed by atoms with van der Waals surface area (Å²) in [6, 6.07) is 8.57. The normalized spacial score (nSPS) is 24.0. The second-order valence-corrected chi connectivity index (χ2v) is 5.46. The third kappa shape index (κ3) is 1.37. The van der Waals surface area contributed by atoms with Gasteiger partial charge in [0.05, 0.1) is 0 Å². The monoisotopic (exact) mass is 214 g/mol. The summed E-state index contributed by atoms with van der Waals surface area (Å²) < 4.78 is 0. The smallest absolute Gasteiger partial charge is 0.0456 e. The quantitative estimate of drug-likeness (QED) is 0.750. The molecule has 2 heteroatoms. The largest absolute Gasteiger partial charge is 0.361 e. The van der Waals surface area contributed by atoms with Gasteiger partial charge in [0.1, 0.15) is 0 Å². The van der Waals surface area contributed by atoms with Crippen molar-refractivity contribution in [3.8, 4) is 0 Å². The third-order valence-electron chi connectivity index (χ3n) is 3.87. The Morgan fingerprint density at radius 3 is 2.81 bits per heavy atom. The van der Waals surface area contributed by atoms with Gasteiger partial charge < -0.3 is 10.3 Å². The van der Waals surface area contributed by atoms with Crippen molar-refractivity contribution < 1.29 is 0 Å². The fraction of sp³-hybridized carbons (Fsp3) is 0.429. The molecule has 2 N–H and O–H groups in total. The fourth-order valence-corrected chi connectivity index (χ4v) is 2.85. The van der Waals surface area contributed by atoms with Gasteiger partial charge in [-0.15, -0.1) is 0 Å². The van der Waals surface area contributed by atoms with Crippen molar-refractivity contribution in [3.63, 3.8) is 0 Å². The molecule has 1 aromatic heterocycles. The van der Waals surface area contributed by atoms with Gasteiger partial charge in [-0.2, -0.15) is 0 Å². The predicted octanol–water partition coefficient (Wildman–Crippen LogP) is 2.88. The summed E-state index contributed by atoms with van der Waals surface area (Å²) in [5.41, 5.74) is 3.07. The number of para-hydroxylation sites is 1. The van der Waals surface area contributed by atoms with Crippen LogP contribution in [-0.4, -0.2) is 18.1 Å². The zero-order valence-corrected chi connectivity index (χ0v) is 9.88. The molecule has 0 radical (unpaired) electrons. The van der Waals surface area contributed by atoms with E-state index in [0.717, 1.165) is 13.1 Å². The lowest BCUT2D eigenvalue weighted by Gasteiger charge is -2.25. The van der Waals surface area contributed by atoms with Gasteiger partial charge in [0, 0.05) is 36.1 Å². The first kappa shape index (κ1) is 9.91. The predicted molar refractivity (Wildman–Crippen MR) is 67.7 cm³/mol. The molecular weight excluding hydrogens is 196 g/mol. The molecule has 0 aliphatic carbocycles. The number of aromatic nitrogens is 1.